The molecule has 1 aliphatic heterocycles. The fourth-order valence-corrected chi connectivity index (χ4v) is 5.40. The number of nitrogens with zero attached hydrogens (tertiary/aromatic N) is 2. The predicted octanol–water partition coefficient (Wildman–Crippen LogP) is 5.96. The van der Waals surface area contributed by atoms with Gasteiger partial charge in [0, 0.05) is 40.2 Å². The Morgan fingerprint density at radius 2 is 1.90 bits per heavy atom. The summed E-state index contributed by atoms with van der Waals surface area (Å²) in [5.41, 5.74) is 7.52. The maximum absolute atomic E-state index is 6.46. The first-order chi connectivity index (χ1) is 14.9. The number of imidazole rings is 1. The summed E-state index contributed by atoms with van der Waals surface area (Å²) in [7, 11) is 0. The molecule has 1 fully saturated rings. The van der Waals surface area contributed by atoms with Crippen LogP contribution in [0.2, 0.25) is 15.1 Å². The molecule has 1 aliphatic rings. The Morgan fingerprint density at radius 1 is 1.16 bits per heavy atom. The third-order valence-electron chi connectivity index (χ3n) is 5.04. The average molecular weight is 499 g/mol. The lowest BCUT2D eigenvalue weighted by Gasteiger charge is -2.28. The van der Waals surface area contributed by atoms with Crippen molar-refractivity contribution in [2.45, 2.75) is 36.2 Å². The van der Waals surface area contributed by atoms with Gasteiger partial charge in [-0.2, -0.15) is 0 Å². The van der Waals surface area contributed by atoms with E-state index in [9.17, 15) is 0 Å². The molecule has 4 rings (SSSR count). The van der Waals surface area contributed by atoms with E-state index in [2.05, 4.69) is 4.98 Å². The first-order valence-electron chi connectivity index (χ1n) is 9.82. The van der Waals surface area contributed by atoms with E-state index in [0.29, 0.717) is 41.1 Å². The number of anilines is 1. The average Bonchev–Trinajstić information content (AvgIpc) is 3.37. The number of thioether (sulfide) groups is 1. The van der Waals surface area contributed by atoms with Crippen LogP contribution in [0.15, 0.2) is 60.0 Å². The van der Waals surface area contributed by atoms with Crippen LogP contribution in [0.3, 0.4) is 0 Å². The summed E-state index contributed by atoms with van der Waals surface area (Å²) in [5.74, 6) is -0.0732. The van der Waals surface area contributed by atoms with Crippen LogP contribution >= 0.6 is 46.6 Å². The largest absolute Gasteiger partial charge is 0.399 e. The Labute approximate surface area is 200 Å². The Hall–Kier alpha value is -1.41. The van der Waals surface area contributed by atoms with Crippen molar-refractivity contribution >= 4 is 52.3 Å². The van der Waals surface area contributed by atoms with Gasteiger partial charge in [0.25, 0.3) is 0 Å². The number of aromatic nitrogens is 2. The van der Waals surface area contributed by atoms with Crippen LogP contribution in [-0.4, -0.2) is 33.8 Å². The molecule has 0 amide bonds. The highest BCUT2D eigenvalue weighted by Crippen LogP contribution is 2.39. The van der Waals surface area contributed by atoms with Crippen LogP contribution in [0.1, 0.15) is 12.0 Å². The molecule has 9 heteroatoms. The van der Waals surface area contributed by atoms with Gasteiger partial charge in [-0.25, -0.2) is 4.98 Å². The van der Waals surface area contributed by atoms with E-state index in [1.54, 1.807) is 36.4 Å². The smallest absolute Gasteiger partial charge is 0.187 e. The molecule has 0 spiro atoms. The van der Waals surface area contributed by atoms with Crippen molar-refractivity contribution in [2.75, 3.05) is 18.1 Å². The van der Waals surface area contributed by atoms with Crippen LogP contribution in [0, 0.1) is 0 Å². The molecule has 0 bridgehead atoms. The summed E-state index contributed by atoms with van der Waals surface area (Å²) in [6.45, 7) is 1.05. The van der Waals surface area contributed by atoms with E-state index < -0.39 is 5.79 Å². The van der Waals surface area contributed by atoms with Gasteiger partial charge >= 0.3 is 0 Å². The molecular formula is C22H22Cl3N3O2S. The zero-order valence-electron chi connectivity index (χ0n) is 16.6. The van der Waals surface area contributed by atoms with E-state index in [1.165, 1.54) is 5.56 Å². The van der Waals surface area contributed by atoms with E-state index in [-0.39, 0.29) is 6.10 Å². The van der Waals surface area contributed by atoms with Gasteiger partial charge in [-0.3, -0.25) is 0 Å². The number of rotatable bonds is 8. The fraction of sp³-hybridized carbons (Fsp3) is 0.318. The minimum Gasteiger partial charge on any atom is -0.399 e. The SMILES string of the molecule is Nc1cc(Cl)c(SC[C@@H]2CO[C@@](CCc3ccc(Cl)cc3)(Cn3ccnc3)O2)c(Cl)c1. The van der Waals surface area contributed by atoms with Crippen molar-refractivity contribution < 1.29 is 9.47 Å². The maximum Gasteiger partial charge on any atom is 0.187 e. The molecule has 5 nitrogen and oxygen atoms in total. The molecule has 0 saturated carbocycles. The highest BCUT2D eigenvalue weighted by molar-refractivity contribution is 7.99. The van der Waals surface area contributed by atoms with Gasteiger partial charge in [-0.05, 0) is 36.2 Å². The van der Waals surface area contributed by atoms with Gasteiger partial charge in [0.2, 0.25) is 0 Å². The van der Waals surface area contributed by atoms with Gasteiger partial charge in [-0.15, -0.1) is 11.8 Å². The summed E-state index contributed by atoms with van der Waals surface area (Å²) >= 11 is 20.2. The zero-order chi connectivity index (χ0) is 21.8. The van der Waals surface area contributed by atoms with Crippen molar-refractivity contribution in [3.8, 4) is 0 Å². The number of aryl methyl sites for hydroxylation is 1. The number of hydrogen-bond donors (Lipinski definition) is 1. The van der Waals surface area contributed by atoms with Gasteiger partial charge < -0.3 is 19.8 Å². The second-order valence-corrected chi connectivity index (χ2v) is 9.73. The third-order valence-corrected chi connectivity index (χ3v) is 7.38. The van der Waals surface area contributed by atoms with E-state index in [4.69, 9.17) is 50.0 Å². The summed E-state index contributed by atoms with van der Waals surface area (Å²) in [5, 5.41) is 1.81. The Balaban J connectivity index is 1.43. The molecule has 31 heavy (non-hydrogen) atoms. The molecule has 164 valence electrons. The Kier molecular flexibility index (Phi) is 7.37. The van der Waals surface area contributed by atoms with E-state index >= 15 is 0 Å². The van der Waals surface area contributed by atoms with E-state index in [0.717, 1.165) is 16.3 Å². The second kappa shape index (κ2) is 10.0. The molecular weight excluding hydrogens is 477 g/mol. The highest BCUT2D eigenvalue weighted by Gasteiger charge is 2.41. The van der Waals surface area contributed by atoms with Crippen LogP contribution < -0.4 is 5.73 Å². The standard InChI is InChI=1S/C22H22Cl3N3O2S/c23-16-3-1-15(2-4-16)5-6-22(13-28-8-7-27-14-28)29-11-18(30-22)12-31-21-19(24)9-17(26)10-20(21)25/h1-4,7-10,14,18H,5-6,11-13,26H2/t18-,22+/m0/s1. The molecule has 0 aliphatic carbocycles. The second-order valence-electron chi connectivity index (χ2n) is 7.45. The molecule has 3 aromatic rings. The minimum atomic E-state index is -0.736. The summed E-state index contributed by atoms with van der Waals surface area (Å²) in [6.07, 6.45) is 6.85. The van der Waals surface area contributed by atoms with Crippen LogP contribution in [0.25, 0.3) is 0 Å². The van der Waals surface area contributed by atoms with Crippen molar-refractivity contribution in [2.24, 2.45) is 0 Å². The summed E-state index contributed by atoms with van der Waals surface area (Å²) in [6, 6.07) is 11.3. The number of halogens is 3. The molecule has 1 aromatic heterocycles. The van der Waals surface area contributed by atoms with Crippen molar-refractivity contribution in [1.82, 2.24) is 9.55 Å². The van der Waals surface area contributed by atoms with Crippen LogP contribution in [-0.2, 0) is 22.4 Å². The lowest BCUT2D eigenvalue weighted by molar-refractivity contribution is -0.180. The molecule has 2 atom stereocenters. The van der Waals surface area contributed by atoms with Gasteiger partial charge in [-0.1, -0.05) is 46.9 Å². The summed E-state index contributed by atoms with van der Waals surface area (Å²) < 4.78 is 14.7. The monoisotopic (exact) mass is 497 g/mol. The molecule has 2 heterocycles. The Morgan fingerprint density at radius 3 is 2.58 bits per heavy atom. The van der Waals surface area contributed by atoms with E-state index in [1.807, 2.05) is 35.0 Å². The number of hydrogen-bond acceptors (Lipinski definition) is 5. The third kappa shape index (κ3) is 5.89. The number of nitrogen functional groups attached to an aromatic ring is 1. The van der Waals surface area contributed by atoms with Gasteiger partial charge in [0.15, 0.2) is 5.79 Å². The van der Waals surface area contributed by atoms with Crippen LogP contribution in [0.4, 0.5) is 5.69 Å². The van der Waals surface area contributed by atoms with Crippen LogP contribution in [0.5, 0.6) is 0 Å². The highest BCUT2D eigenvalue weighted by atomic mass is 35.5. The predicted molar refractivity (Wildman–Crippen MR) is 127 cm³/mol. The summed E-state index contributed by atoms with van der Waals surface area (Å²) in [4.78, 5) is 4.94. The van der Waals surface area contributed by atoms with Crippen molar-refractivity contribution in [3.63, 3.8) is 0 Å². The molecule has 2 N–H and O–H groups in total. The topological polar surface area (TPSA) is 62.3 Å². The first kappa shape index (κ1) is 22.8. The quantitative estimate of drug-likeness (QED) is 0.306. The lowest BCUT2D eigenvalue weighted by Crippen LogP contribution is -2.37. The Bertz CT molecular complexity index is 994. The maximum atomic E-state index is 6.46. The molecule has 1 saturated heterocycles. The number of nitrogens with two attached hydrogens (primary N) is 1. The van der Waals surface area contributed by atoms with Gasteiger partial charge in [0.1, 0.15) is 0 Å². The molecule has 0 unspecified atom stereocenters. The van der Waals surface area contributed by atoms with Crippen molar-refractivity contribution in [1.29, 1.82) is 0 Å². The fourth-order valence-electron chi connectivity index (χ4n) is 3.53. The minimum absolute atomic E-state index is 0.0941. The normalized spacial score (nSPS) is 20.9. The first-order valence-corrected chi connectivity index (χ1v) is 11.9. The zero-order valence-corrected chi connectivity index (χ0v) is 19.7. The van der Waals surface area contributed by atoms with Crippen molar-refractivity contribution in [3.05, 3.63) is 75.8 Å². The molecule has 0 radical (unpaired) electrons. The number of ether oxygens (including phenoxy) is 2. The lowest BCUT2D eigenvalue weighted by atomic mass is 10.0. The number of benzene rings is 2. The van der Waals surface area contributed by atoms with Gasteiger partial charge in [0.05, 0.1) is 35.6 Å². The molecule has 2 aromatic carbocycles.